The van der Waals surface area contributed by atoms with Crippen LogP contribution >= 0.6 is 0 Å². The second-order valence-corrected chi connectivity index (χ2v) is 9.56. The van der Waals surface area contributed by atoms with Crippen LogP contribution in [0.2, 0.25) is 0 Å². The van der Waals surface area contributed by atoms with Gasteiger partial charge in [-0.1, -0.05) is 18.2 Å². The van der Waals surface area contributed by atoms with Crippen LogP contribution in [-0.4, -0.2) is 30.9 Å². The Bertz CT molecular complexity index is 1270. The zero-order chi connectivity index (χ0) is 22.1. The summed E-state index contributed by atoms with van der Waals surface area (Å²) >= 11 is 0. The molecule has 1 aromatic carbocycles. The van der Waals surface area contributed by atoms with Gasteiger partial charge in [0.2, 0.25) is 0 Å². The van der Waals surface area contributed by atoms with Crippen LogP contribution in [0.1, 0.15) is 24.0 Å². The van der Waals surface area contributed by atoms with Crippen LogP contribution in [0.3, 0.4) is 0 Å². The molecule has 0 aliphatic heterocycles. The van der Waals surface area contributed by atoms with Gasteiger partial charge in [-0.2, -0.15) is 16.8 Å². The van der Waals surface area contributed by atoms with Crippen molar-refractivity contribution in [3.05, 3.63) is 64.2 Å². The Balaban J connectivity index is 2.03. The maximum Gasteiger partial charge on any atom is 0.296 e. The lowest BCUT2D eigenvalue weighted by Gasteiger charge is -2.18. The number of hydrogen-bond donors (Lipinski definition) is 4. The molecule has 3 rings (SSSR count). The first-order valence-electron chi connectivity index (χ1n) is 8.93. The fourth-order valence-corrected chi connectivity index (χ4v) is 4.39. The molecule has 160 valence electrons. The molecule has 1 aromatic heterocycles. The van der Waals surface area contributed by atoms with Crippen molar-refractivity contribution in [2.24, 2.45) is 0 Å². The van der Waals surface area contributed by atoms with E-state index < -0.39 is 20.2 Å². The van der Waals surface area contributed by atoms with Gasteiger partial charge in [-0.05, 0) is 62.1 Å². The molecule has 4 N–H and O–H groups in total. The predicted octanol–water partition coefficient (Wildman–Crippen LogP) is 3.55. The fourth-order valence-electron chi connectivity index (χ4n) is 3.01. The topological polar surface area (TPSA) is 146 Å². The maximum absolute atomic E-state index is 11.6. The molecule has 0 atom stereocenters. The first-order chi connectivity index (χ1) is 14.0. The van der Waals surface area contributed by atoms with E-state index in [1.165, 1.54) is 24.3 Å². The highest BCUT2D eigenvalue weighted by molar-refractivity contribution is 7.90. The van der Waals surface area contributed by atoms with Gasteiger partial charge in [0, 0.05) is 5.70 Å². The van der Waals surface area contributed by atoms with E-state index in [1.807, 2.05) is 6.92 Å². The third kappa shape index (κ3) is 4.87. The van der Waals surface area contributed by atoms with E-state index in [0.717, 1.165) is 11.1 Å². The highest BCUT2D eigenvalue weighted by Crippen LogP contribution is 2.30. The smallest absolute Gasteiger partial charge is 0.296 e. The molecule has 0 saturated heterocycles. The summed E-state index contributed by atoms with van der Waals surface area (Å²) in [5.41, 5.74) is 1.99. The first-order valence-corrected chi connectivity index (χ1v) is 11.8. The highest BCUT2D eigenvalue weighted by Gasteiger charge is 2.21. The standard InChI is InChI=1S/C19H21N3O6S2/c1-12-11-18(20-14-7-3-5-9-16(14)29(23,24)25)22-19(13(12)2)21-15-8-4-6-10-17(15)30(26,27)28/h4-6,8-11H,3,7H2,1-2H3,(H2,20,21,22)(H,23,24,25)(H,26,27,28). The van der Waals surface area contributed by atoms with E-state index >= 15 is 0 Å². The number of rotatable bonds is 6. The maximum atomic E-state index is 11.6. The molecule has 11 heteroatoms. The minimum absolute atomic E-state index is 0.144. The average Bonchev–Trinajstić information content (AvgIpc) is 2.65. The lowest BCUT2D eigenvalue weighted by Crippen LogP contribution is -2.13. The number of hydrogen-bond acceptors (Lipinski definition) is 7. The van der Waals surface area contributed by atoms with Crippen molar-refractivity contribution in [3.63, 3.8) is 0 Å². The number of benzene rings is 1. The van der Waals surface area contributed by atoms with Crippen LogP contribution in [0.4, 0.5) is 17.3 Å². The summed E-state index contributed by atoms with van der Waals surface area (Å²) in [6, 6.07) is 7.56. The lowest BCUT2D eigenvalue weighted by molar-refractivity contribution is 0.483. The van der Waals surface area contributed by atoms with E-state index in [1.54, 1.807) is 25.1 Å². The summed E-state index contributed by atoms with van der Waals surface area (Å²) in [5.74, 6) is 0.644. The number of para-hydroxylation sites is 1. The van der Waals surface area contributed by atoms with Crippen LogP contribution in [0, 0.1) is 13.8 Å². The van der Waals surface area contributed by atoms with Gasteiger partial charge in [-0.15, -0.1) is 0 Å². The zero-order valence-corrected chi connectivity index (χ0v) is 17.9. The Hall–Kier alpha value is -2.73. The molecule has 1 aliphatic rings. The van der Waals surface area contributed by atoms with Gasteiger partial charge < -0.3 is 10.6 Å². The number of nitrogens with zero attached hydrogens (tertiary/aromatic N) is 1. The lowest BCUT2D eigenvalue weighted by atomic mass is 10.1. The number of aromatic nitrogens is 1. The number of nitrogens with one attached hydrogen (secondary N) is 2. The summed E-state index contributed by atoms with van der Waals surface area (Å²) in [6.07, 6.45) is 3.96. The molecule has 0 fully saturated rings. The molecule has 30 heavy (non-hydrogen) atoms. The number of allylic oxidation sites excluding steroid dienone is 3. The minimum Gasteiger partial charge on any atom is -0.342 e. The Kier molecular flexibility index (Phi) is 5.99. The fraction of sp³-hybridized carbons (Fsp3) is 0.211. The Labute approximate surface area is 175 Å². The van der Waals surface area contributed by atoms with E-state index in [9.17, 15) is 25.9 Å². The van der Waals surface area contributed by atoms with Gasteiger partial charge >= 0.3 is 0 Å². The Morgan fingerprint density at radius 1 is 1.00 bits per heavy atom. The molecule has 1 heterocycles. The van der Waals surface area contributed by atoms with E-state index in [0.29, 0.717) is 30.2 Å². The molecule has 1 aliphatic carbocycles. The SMILES string of the molecule is Cc1cc(NC2=C(S(=O)(=O)O)C=CCC2)nc(Nc2ccccc2S(=O)(=O)O)c1C. The number of anilines is 3. The van der Waals surface area contributed by atoms with Crippen LogP contribution in [-0.2, 0) is 20.2 Å². The second-order valence-electron chi connectivity index (χ2n) is 6.78. The second kappa shape index (κ2) is 8.19. The van der Waals surface area contributed by atoms with Crippen molar-refractivity contribution in [3.8, 4) is 0 Å². The molecule has 2 aromatic rings. The molecule has 0 spiro atoms. The predicted molar refractivity (Wildman–Crippen MR) is 114 cm³/mol. The first kappa shape index (κ1) is 22.0. The van der Waals surface area contributed by atoms with Gasteiger partial charge in [-0.3, -0.25) is 9.11 Å². The summed E-state index contributed by atoms with van der Waals surface area (Å²) in [5, 5.41) is 5.87. The third-order valence-corrected chi connectivity index (χ3v) is 6.48. The van der Waals surface area contributed by atoms with Gasteiger partial charge in [-0.25, -0.2) is 4.98 Å². The number of aryl methyl sites for hydroxylation is 1. The molecule has 0 radical (unpaired) electrons. The van der Waals surface area contributed by atoms with Gasteiger partial charge in [0.25, 0.3) is 20.2 Å². The molecule has 9 nitrogen and oxygen atoms in total. The normalized spacial score (nSPS) is 14.7. The summed E-state index contributed by atoms with van der Waals surface area (Å²) < 4.78 is 65.5. The van der Waals surface area contributed by atoms with Crippen LogP contribution in [0.25, 0.3) is 0 Å². The molecule has 0 unspecified atom stereocenters. The van der Waals surface area contributed by atoms with Crippen LogP contribution in [0.15, 0.2) is 58.0 Å². The van der Waals surface area contributed by atoms with Crippen molar-refractivity contribution >= 4 is 37.6 Å². The summed E-state index contributed by atoms with van der Waals surface area (Å²) in [6.45, 7) is 3.61. The van der Waals surface area contributed by atoms with Crippen molar-refractivity contribution in [2.75, 3.05) is 10.6 Å². The zero-order valence-electron chi connectivity index (χ0n) is 16.2. The summed E-state index contributed by atoms with van der Waals surface area (Å²) in [4.78, 5) is 3.91. The minimum atomic E-state index is -4.45. The number of pyridine rings is 1. The van der Waals surface area contributed by atoms with Crippen LogP contribution in [0.5, 0.6) is 0 Å². The van der Waals surface area contributed by atoms with Crippen molar-refractivity contribution < 1.29 is 25.9 Å². The Morgan fingerprint density at radius 3 is 2.37 bits per heavy atom. The van der Waals surface area contributed by atoms with Gasteiger partial charge in [0.1, 0.15) is 21.4 Å². The highest BCUT2D eigenvalue weighted by atomic mass is 32.2. The van der Waals surface area contributed by atoms with Crippen molar-refractivity contribution in [1.82, 2.24) is 4.98 Å². The molecule has 0 saturated carbocycles. The van der Waals surface area contributed by atoms with Crippen molar-refractivity contribution in [2.45, 2.75) is 31.6 Å². The molecular weight excluding hydrogens is 430 g/mol. The van der Waals surface area contributed by atoms with E-state index in [4.69, 9.17) is 0 Å². The molecule has 0 amide bonds. The quantitative estimate of drug-likeness (QED) is 0.484. The van der Waals surface area contributed by atoms with Crippen LogP contribution < -0.4 is 10.6 Å². The average molecular weight is 452 g/mol. The van der Waals surface area contributed by atoms with E-state index in [2.05, 4.69) is 15.6 Å². The monoisotopic (exact) mass is 451 g/mol. The van der Waals surface area contributed by atoms with E-state index in [-0.39, 0.29) is 15.5 Å². The molecule has 0 bridgehead atoms. The summed E-state index contributed by atoms with van der Waals surface area (Å²) in [7, 11) is -8.85. The van der Waals surface area contributed by atoms with Gasteiger partial charge in [0.15, 0.2) is 0 Å². The third-order valence-electron chi connectivity index (χ3n) is 4.63. The van der Waals surface area contributed by atoms with Gasteiger partial charge in [0.05, 0.1) is 5.69 Å². The largest absolute Gasteiger partial charge is 0.342 e. The van der Waals surface area contributed by atoms with Crippen molar-refractivity contribution in [1.29, 1.82) is 0 Å². The Morgan fingerprint density at radius 2 is 1.70 bits per heavy atom. The molecular formula is C19H21N3O6S2.